The molecular weight excluding hydrogens is 289 g/mol. The maximum absolute atomic E-state index is 12.6. The van der Waals surface area contributed by atoms with Gasteiger partial charge in [0.15, 0.2) is 11.4 Å². The first kappa shape index (κ1) is 16.5. The summed E-state index contributed by atoms with van der Waals surface area (Å²) in [6, 6.07) is 2.98. The average Bonchev–Trinajstić information content (AvgIpc) is 2.36. The fraction of sp³-hybridized carbons (Fsp3) is 0.286. The van der Waals surface area contributed by atoms with Gasteiger partial charge in [-0.15, -0.1) is 0 Å². The molecule has 2 nitrogen and oxygen atoms in total. The fourth-order valence-electron chi connectivity index (χ4n) is 1.48. The van der Waals surface area contributed by atoms with Crippen LogP contribution in [-0.4, -0.2) is 17.2 Å². The van der Waals surface area contributed by atoms with Crippen molar-refractivity contribution >= 4 is 29.2 Å². The standard InChI is InChI=1S/C14H13F3O2S/c1-10(19)20-7-3-2-4-11-8-13(14(15,16)17)6-5-12(11)9-18/h2,4-6,8-9H,3,7H2,1H3. The van der Waals surface area contributed by atoms with Crippen LogP contribution in [0, 0.1) is 0 Å². The third kappa shape index (κ3) is 5.21. The second kappa shape index (κ2) is 7.28. The van der Waals surface area contributed by atoms with E-state index in [0.717, 1.165) is 30.0 Å². The number of carbonyl (C=O) groups excluding carboxylic acids is 2. The SMILES string of the molecule is CC(=O)SCCC=Cc1cc(C(F)(F)F)ccc1C=O. The predicted molar refractivity (Wildman–Crippen MR) is 73.6 cm³/mol. The lowest BCUT2D eigenvalue weighted by Crippen LogP contribution is -2.05. The van der Waals surface area contributed by atoms with E-state index < -0.39 is 11.7 Å². The molecule has 0 amide bonds. The van der Waals surface area contributed by atoms with E-state index in [2.05, 4.69) is 0 Å². The summed E-state index contributed by atoms with van der Waals surface area (Å²) < 4.78 is 37.7. The molecule has 6 heteroatoms. The lowest BCUT2D eigenvalue weighted by Gasteiger charge is -2.08. The van der Waals surface area contributed by atoms with E-state index in [1.165, 1.54) is 13.0 Å². The van der Waals surface area contributed by atoms with Gasteiger partial charge in [0, 0.05) is 18.2 Å². The maximum Gasteiger partial charge on any atom is 0.416 e. The van der Waals surface area contributed by atoms with Crippen LogP contribution >= 0.6 is 11.8 Å². The van der Waals surface area contributed by atoms with Crippen molar-refractivity contribution < 1.29 is 22.8 Å². The summed E-state index contributed by atoms with van der Waals surface area (Å²) in [7, 11) is 0. The Morgan fingerprint density at radius 3 is 2.55 bits per heavy atom. The van der Waals surface area contributed by atoms with Crippen LogP contribution in [0.3, 0.4) is 0 Å². The Bertz CT molecular complexity index is 522. The molecule has 0 radical (unpaired) electrons. The van der Waals surface area contributed by atoms with Gasteiger partial charge < -0.3 is 0 Å². The number of hydrogen-bond donors (Lipinski definition) is 0. The highest BCUT2D eigenvalue weighted by Gasteiger charge is 2.30. The molecule has 0 aromatic heterocycles. The van der Waals surface area contributed by atoms with Crippen LogP contribution in [0.5, 0.6) is 0 Å². The van der Waals surface area contributed by atoms with Gasteiger partial charge in [-0.3, -0.25) is 9.59 Å². The van der Waals surface area contributed by atoms with Crippen LogP contribution in [0.4, 0.5) is 13.2 Å². The van der Waals surface area contributed by atoms with Gasteiger partial charge in [-0.2, -0.15) is 13.2 Å². The number of halogens is 3. The molecule has 1 aromatic carbocycles. The van der Waals surface area contributed by atoms with Gasteiger partial charge in [0.25, 0.3) is 0 Å². The third-order valence-electron chi connectivity index (χ3n) is 2.43. The zero-order valence-electron chi connectivity index (χ0n) is 10.7. The van der Waals surface area contributed by atoms with Crippen LogP contribution in [0.2, 0.25) is 0 Å². The molecule has 0 spiro atoms. The van der Waals surface area contributed by atoms with E-state index in [1.807, 2.05) is 0 Å². The van der Waals surface area contributed by atoms with Crippen LogP contribution in [0.1, 0.15) is 34.8 Å². The van der Waals surface area contributed by atoms with Gasteiger partial charge in [0.05, 0.1) is 5.56 Å². The molecule has 1 aromatic rings. The summed E-state index contributed by atoms with van der Waals surface area (Å²) in [6.45, 7) is 1.45. The average molecular weight is 302 g/mol. The van der Waals surface area contributed by atoms with E-state index in [4.69, 9.17) is 0 Å². The topological polar surface area (TPSA) is 34.1 Å². The zero-order chi connectivity index (χ0) is 15.2. The van der Waals surface area contributed by atoms with Gasteiger partial charge in [-0.25, -0.2) is 0 Å². The molecule has 1 rings (SSSR count). The summed E-state index contributed by atoms with van der Waals surface area (Å²) in [5, 5.41) is -0.00829. The first-order valence-corrected chi connectivity index (χ1v) is 6.79. The molecule has 0 heterocycles. The fourth-order valence-corrected chi connectivity index (χ4v) is 2.03. The van der Waals surface area contributed by atoms with Crippen LogP contribution in [0.25, 0.3) is 6.08 Å². The number of alkyl halides is 3. The van der Waals surface area contributed by atoms with Crippen molar-refractivity contribution in [2.75, 3.05) is 5.75 Å². The first-order valence-electron chi connectivity index (χ1n) is 5.81. The summed E-state index contributed by atoms with van der Waals surface area (Å²) in [6.07, 6.45) is -0.254. The molecule has 0 saturated heterocycles. The number of hydrogen-bond acceptors (Lipinski definition) is 3. The van der Waals surface area contributed by atoms with Crippen molar-refractivity contribution in [3.8, 4) is 0 Å². The Kier molecular flexibility index (Phi) is 6.01. The van der Waals surface area contributed by atoms with Crippen molar-refractivity contribution in [2.45, 2.75) is 19.5 Å². The Morgan fingerprint density at radius 2 is 2.00 bits per heavy atom. The Balaban J connectivity index is 2.83. The van der Waals surface area contributed by atoms with Gasteiger partial charge in [0.1, 0.15) is 0 Å². The number of aldehydes is 1. The molecule has 0 unspecified atom stereocenters. The molecule has 108 valence electrons. The third-order valence-corrected chi connectivity index (χ3v) is 3.27. The first-order chi connectivity index (χ1) is 9.34. The molecular formula is C14H13F3O2S. The highest BCUT2D eigenvalue weighted by atomic mass is 32.2. The van der Waals surface area contributed by atoms with E-state index in [1.54, 1.807) is 6.08 Å². The van der Waals surface area contributed by atoms with E-state index >= 15 is 0 Å². The number of allylic oxidation sites excluding steroid dienone is 1. The Hall–Kier alpha value is -1.56. The number of rotatable bonds is 5. The van der Waals surface area contributed by atoms with E-state index in [-0.39, 0.29) is 16.2 Å². The van der Waals surface area contributed by atoms with Crippen molar-refractivity contribution in [3.63, 3.8) is 0 Å². The van der Waals surface area contributed by atoms with Crippen molar-refractivity contribution in [1.29, 1.82) is 0 Å². The lowest BCUT2D eigenvalue weighted by molar-refractivity contribution is -0.137. The summed E-state index contributed by atoms with van der Waals surface area (Å²) in [5.74, 6) is 0.557. The molecule has 0 saturated carbocycles. The molecule has 0 aliphatic heterocycles. The summed E-state index contributed by atoms with van der Waals surface area (Å²) in [4.78, 5) is 21.5. The molecule has 0 fully saturated rings. The summed E-state index contributed by atoms with van der Waals surface area (Å²) in [5.41, 5.74) is -0.364. The molecule has 20 heavy (non-hydrogen) atoms. The van der Waals surface area contributed by atoms with E-state index in [0.29, 0.717) is 18.5 Å². The monoisotopic (exact) mass is 302 g/mol. The minimum Gasteiger partial charge on any atom is -0.298 e. The highest BCUT2D eigenvalue weighted by Crippen LogP contribution is 2.30. The second-order valence-corrected chi connectivity index (χ2v) is 5.26. The number of benzene rings is 1. The number of carbonyl (C=O) groups is 2. The lowest BCUT2D eigenvalue weighted by atomic mass is 10.0. The quantitative estimate of drug-likeness (QED) is 0.604. The zero-order valence-corrected chi connectivity index (χ0v) is 11.6. The van der Waals surface area contributed by atoms with Gasteiger partial charge in [0.2, 0.25) is 0 Å². The van der Waals surface area contributed by atoms with Crippen LogP contribution in [0.15, 0.2) is 24.3 Å². The molecule has 0 aliphatic rings. The van der Waals surface area contributed by atoms with Crippen LogP contribution in [-0.2, 0) is 11.0 Å². The Morgan fingerprint density at radius 1 is 1.30 bits per heavy atom. The Labute approximate surface area is 119 Å². The minimum absolute atomic E-state index is 0.00829. The van der Waals surface area contributed by atoms with Gasteiger partial charge in [-0.05, 0) is 24.1 Å². The molecule has 0 aliphatic carbocycles. The van der Waals surface area contributed by atoms with E-state index in [9.17, 15) is 22.8 Å². The van der Waals surface area contributed by atoms with Crippen molar-refractivity contribution in [1.82, 2.24) is 0 Å². The largest absolute Gasteiger partial charge is 0.416 e. The maximum atomic E-state index is 12.6. The second-order valence-electron chi connectivity index (χ2n) is 3.99. The minimum atomic E-state index is -4.44. The normalized spacial score (nSPS) is 11.8. The molecule has 0 atom stereocenters. The number of thioether (sulfide) groups is 1. The smallest absolute Gasteiger partial charge is 0.298 e. The van der Waals surface area contributed by atoms with Crippen molar-refractivity contribution in [3.05, 3.63) is 41.0 Å². The highest BCUT2D eigenvalue weighted by molar-refractivity contribution is 8.13. The van der Waals surface area contributed by atoms with Crippen LogP contribution < -0.4 is 0 Å². The molecule has 0 bridgehead atoms. The summed E-state index contributed by atoms with van der Waals surface area (Å²) >= 11 is 1.14. The molecule has 0 N–H and O–H groups in total. The van der Waals surface area contributed by atoms with Gasteiger partial charge >= 0.3 is 6.18 Å². The predicted octanol–water partition coefficient (Wildman–Crippen LogP) is 4.20. The van der Waals surface area contributed by atoms with Gasteiger partial charge in [-0.1, -0.05) is 30.0 Å². The van der Waals surface area contributed by atoms with Crippen molar-refractivity contribution in [2.24, 2.45) is 0 Å².